The molecule has 94 valence electrons. The van der Waals surface area contributed by atoms with E-state index in [-0.39, 0.29) is 12.4 Å². The summed E-state index contributed by atoms with van der Waals surface area (Å²) in [4.78, 5) is 4.20. The van der Waals surface area contributed by atoms with Crippen LogP contribution in [0, 0.1) is 5.82 Å². The Balaban J connectivity index is 2.04. The minimum absolute atomic E-state index is 0.285. The highest BCUT2D eigenvalue weighted by Gasteiger charge is 2.04. The fraction of sp³-hybridized carbons (Fsp3) is 0.154. The molecule has 0 radical (unpaired) electrons. The van der Waals surface area contributed by atoms with Crippen LogP contribution in [0.2, 0.25) is 0 Å². The van der Waals surface area contributed by atoms with Gasteiger partial charge in [-0.05, 0) is 39.7 Å². The number of benzene rings is 1. The van der Waals surface area contributed by atoms with Crippen LogP contribution >= 0.6 is 15.9 Å². The molecule has 2 rings (SSSR count). The van der Waals surface area contributed by atoms with Gasteiger partial charge in [0.25, 0.3) is 0 Å². The van der Waals surface area contributed by atoms with Crippen molar-refractivity contribution in [3.8, 4) is 5.75 Å². The normalized spacial score (nSPS) is 10.4. The SMILES string of the molecule is NCc1ccc(COc2cc(F)ccc2Br)nc1. The molecule has 0 bridgehead atoms. The smallest absolute Gasteiger partial charge is 0.136 e. The molecule has 0 amide bonds. The molecule has 0 fully saturated rings. The lowest BCUT2D eigenvalue weighted by molar-refractivity contribution is 0.298. The quantitative estimate of drug-likeness (QED) is 0.944. The highest BCUT2D eigenvalue weighted by molar-refractivity contribution is 9.10. The zero-order valence-electron chi connectivity index (χ0n) is 9.57. The Morgan fingerprint density at radius 1 is 1.28 bits per heavy atom. The van der Waals surface area contributed by atoms with Gasteiger partial charge in [-0.15, -0.1) is 0 Å². The first kappa shape index (κ1) is 13.0. The predicted molar refractivity (Wildman–Crippen MR) is 70.6 cm³/mol. The highest BCUT2D eigenvalue weighted by atomic mass is 79.9. The third-order valence-electron chi connectivity index (χ3n) is 2.39. The van der Waals surface area contributed by atoms with Crippen molar-refractivity contribution in [2.75, 3.05) is 0 Å². The Kier molecular flexibility index (Phi) is 4.28. The lowest BCUT2D eigenvalue weighted by Gasteiger charge is -2.08. The van der Waals surface area contributed by atoms with Gasteiger partial charge in [-0.3, -0.25) is 4.98 Å². The number of halogens is 2. The second-order valence-electron chi connectivity index (χ2n) is 3.73. The molecule has 0 aliphatic carbocycles. The molecule has 1 aromatic carbocycles. The lowest BCUT2D eigenvalue weighted by atomic mass is 10.2. The summed E-state index contributed by atoms with van der Waals surface area (Å²) in [5.74, 6) is 0.124. The summed E-state index contributed by atoms with van der Waals surface area (Å²) < 4.78 is 19.2. The third-order valence-corrected chi connectivity index (χ3v) is 3.05. The number of pyridine rings is 1. The molecule has 0 atom stereocenters. The van der Waals surface area contributed by atoms with Gasteiger partial charge in [0.1, 0.15) is 18.2 Å². The number of hydrogen-bond donors (Lipinski definition) is 1. The van der Waals surface area contributed by atoms with Gasteiger partial charge in [0, 0.05) is 18.8 Å². The summed E-state index contributed by atoms with van der Waals surface area (Å²) in [5.41, 5.74) is 7.21. The Hall–Kier alpha value is -1.46. The van der Waals surface area contributed by atoms with Gasteiger partial charge in [-0.2, -0.15) is 0 Å². The van der Waals surface area contributed by atoms with Crippen LogP contribution in [0.1, 0.15) is 11.3 Å². The van der Waals surface area contributed by atoms with Crippen molar-refractivity contribution in [3.63, 3.8) is 0 Å². The molecule has 0 spiro atoms. The number of rotatable bonds is 4. The minimum Gasteiger partial charge on any atom is -0.486 e. The van der Waals surface area contributed by atoms with E-state index >= 15 is 0 Å². The van der Waals surface area contributed by atoms with Crippen molar-refractivity contribution in [2.24, 2.45) is 5.73 Å². The fourth-order valence-electron chi connectivity index (χ4n) is 1.40. The standard InChI is InChI=1S/C13H12BrFN2O/c14-12-4-2-10(15)5-13(12)18-8-11-3-1-9(6-16)7-17-11/h1-5,7H,6,8,16H2. The Labute approximate surface area is 113 Å². The molecule has 1 heterocycles. The summed E-state index contributed by atoms with van der Waals surface area (Å²) >= 11 is 3.30. The Bertz CT molecular complexity index is 531. The zero-order chi connectivity index (χ0) is 13.0. The zero-order valence-corrected chi connectivity index (χ0v) is 11.2. The second kappa shape index (κ2) is 5.93. The number of ether oxygens (including phenoxy) is 1. The monoisotopic (exact) mass is 310 g/mol. The third kappa shape index (κ3) is 3.27. The summed E-state index contributed by atoms with van der Waals surface area (Å²) in [6.45, 7) is 0.747. The van der Waals surface area contributed by atoms with Crippen LogP contribution in [0.5, 0.6) is 5.75 Å². The molecule has 0 saturated heterocycles. The van der Waals surface area contributed by atoms with E-state index in [2.05, 4.69) is 20.9 Å². The number of nitrogens with two attached hydrogens (primary N) is 1. The number of aromatic nitrogens is 1. The van der Waals surface area contributed by atoms with E-state index in [4.69, 9.17) is 10.5 Å². The largest absolute Gasteiger partial charge is 0.486 e. The molecule has 0 unspecified atom stereocenters. The van der Waals surface area contributed by atoms with Crippen LogP contribution in [0.3, 0.4) is 0 Å². The topological polar surface area (TPSA) is 48.1 Å². The predicted octanol–water partition coefficient (Wildman–Crippen LogP) is 3.02. The van der Waals surface area contributed by atoms with E-state index in [1.807, 2.05) is 12.1 Å². The molecular formula is C13H12BrFN2O. The van der Waals surface area contributed by atoms with Crippen LogP contribution in [-0.2, 0) is 13.2 Å². The molecule has 0 aliphatic heterocycles. The van der Waals surface area contributed by atoms with Crippen LogP contribution in [-0.4, -0.2) is 4.98 Å². The van der Waals surface area contributed by atoms with E-state index in [0.29, 0.717) is 16.8 Å². The van der Waals surface area contributed by atoms with E-state index in [0.717, 1.165) is 11.3 Å². The first-order chi connectivity index (χ1) is 8.69. The van der Waals surface area contributed by atoms with Crippen molar-refractivity contribution in [3.05, 3.63) is 58.1 Å². The maximum Gasteiger partial charge on any atom is 0.136 e. The maximum absolute atomic E-state index is 13.0. The van der Waals surface area contributed by atoms with Gasteiger partial charge in [0.05, 0.1) is 10.2 Å². The molecule has 0 saturated carbocycles. The molecule has 5 heteroatoms. The molecule has 2 N–H and O–H groups in total. The van der Waals surface area contributed by atoms with Crippen molar-refractivity contribution in [1.29, 1.82) is 0 Å². The first-order valence-electron chi connectivity index (χ1n) is 5.41. The molecule has 2 aromatic rings. The van der Waals surface area contributed by atoms with Gasteiger partial charge in [0.15, 0.2) is 0 Å². The summed E-state index contributed by atoms with van der Waals surface area (Å²) in [7, 11) is 0. The van der Waals surface area contributed by atoms with E-state index < -0.39 is 0 Å². The van der Waals surface area contributed by atoms with Crippen LogP contribution < -0.4 is 10.5 Å². The van der Waals surface area contributed by atoms with E-state index in [1.165, 1.54) is 12.1 Å². The summed E-state index contributed by atoms with van der Waals surface area (Å²) in [5, 5.41) is 0. The van der Waals surface area contributed by atoms with Crippen molar-refractivity contribution >= 4 is 15.9 Å². The molecule has 1 aromatic heterocycles. The lowest BCUT2D eigenvalue weighted by Crippen LogP contribution is -2.01. The molecule has 0 aliphatic rings. The molecule has 3 nitrogen and oxygen atoms in total. The number of nitrogens with zero attached hydrogens (tertiary/aromatic N) is 1. The summed E-state index contributed by atoms with van der Waals surface area (Å²) in [6.07, 6.45) is 1.71. The van der Waals surface area contributed by atoms with Crippen LogP contribution in [0.15, 0.2) is 41.0 Å². The maximum atomic E-state index is 13.0. The second-order valence-corrected chi connectivity index (χ2v) is 4.58. The molecule has 18 heavy (non-hydrogen) atoms. The van der Waals surface area contributed by atoms with Crippen molar-refractivity contribution < 1.29 is 9.13 Å². The van der Waals surface area contributed by atoms with Gasteiger partial charge in [0.2, 0.25) is 0 Å². The van der Waals surface area contributed by atoms with Crippen molar-refractivity contribution in [1.82, 2.24) is 4.98 Å². The van der Waals surface area contributed by atoms with E-state index in [9.17, 15) is 4.39 Å². The Morgan fingerprint density at radius 3 is 2.78 bits per heavy atom. The summed E-state index contributed by atoms with van der Waals surface area (Å²) in [6, 6.07) is 8.04. The van der Waals surface area contributed by atoms with Gasteiger partial charge >= 0.3 is 0 Å². The minimum atomic E-state index is -0.334. The van der Waals surface area contributed by atoms with Crippen LogP contribution in [0.25, 0.3) is 0 Å². The average molecular weight is 311 g/mol. The van der Waals surface area contributed by atoms with Gasteiger partial charge in [-0.1, -0.05) is 6.07 Å². The fourth-order valence-corrected chi connectivity index (χ4v) is 1.76. The van der Waals surface area contributed by atoms with Gasteiger partial charge < -0.3 is 10.5 Å². The molecular weight excluding hydrogens is 299 g/mol. The first-order valence-corrected chi connectivity index (χ1v) is 6.20. The van der Waals surface area contributed by atoms with Gasteiger partial charge in [-0.25, -0.2) is 4.39 Å². The van der Waals surface area contributed by atoms with Crippen LogP contribution in [0.4, 0.5) is 4.39 Å². The van der Waals surface area contributed by atoms with Crippen molar-refractivity contribution in [2.45, 2.75) is 13.2 Å². The average Bonchev–Trinajstić information content (AvgIpc) is 2.40. The highest BCUT2D eigenvalue weighted by Crippen LogP contribution is 2.26. The number of hydrogen-bond acceptors (Lipinski definition) is 3. The Morgan fingerprint density at radius 2 is 2.11 bits per heavy atom. The van der Waals surface area contributed by atoms with E-state index in [1.54, 1.807) is 12.3 Å².